The summed E-state index contributed by atoms with van der Waals surface area (Å²) in [5.74, 6) is 0.791. The molecule has 0 amide bonds. The maximum Gasteiger partial charge on any atom is 0.154 e. The highest BCUT2D eigenvalue weighted by Gasteiger charge is 2.06. The molecule has 0 radical (unpaired) electrons. The van der Waals surface area contributed by atoms with Crippen LogP contribution in [0.2, 0.25) is 0 Å². The molecule has 0 aliphatic heterocycles. The van der Waals surface area contributed by atoms with Crippen molar-refractivity contribution in [3.63, 3.8) is 0 Å². The Morgan fingerprint density at radius 1 is 1.22 bits per heavy atom. The number of hydrogen-bond acceptors (Lipinski definition) is 4. The van der Waals surface area contributed by atoms with E-state index in [-0.39, 0.29) is 0 Å². The van der Waals surface area contributed by atoms with E-state index in [1.54, 1.807) is 17.2 Å². The first-order valence-electron chi connectivity index (χ1n) is 5.72. The van der Waals surface area contributed by atoms with Crippen LogP contribution in [0, 0.1) is 0 Å². The van der Waals surface area contributed by atoms with E-state index in [4.69, 9.17) is 0 Å². The van der Waals surface area contributed by atoms with E-state index in [0.717, 1.165) is 22.5 Å². The van der Waals surface area contributed by atoms with Crippen LogP contribution in [0.1, 0.15) is 5.69 Å². The van der Waals surface area contributed by atoms with Gasteiger partial charge in [0.05, 0.1) is 24.1 Å². The highest BCUT2D eigenvalue weighted by molar-refractivity contribution is 5.85. The van der Waals surface area contributed by atoms with E-state index in [2.05, 4.69) is 20.4 Å². The number of hydrogen-bond donors (Lipinski definition) is 1. The summed E-state index contributed by atoms with van der Waals surface area (Å²) in [6.07, 6.45) is 5.49. The van der Waals surface area contributed by atoms with Gasteiger partial charge < -0.3 is 9.88 Å². The molecule has 6 heteroatoms. The van der Waals surface area contributed by atoms with Gasteiger partial charge in [-0.1, -0.05) is 0 Å². The molecule has 0 aromatic carbocycles. The Morgan fingerprint density at radius 2 is 2.11 bits per heavy atom. The highest BCUT2D eigenvalue weighted by Crippen LogP contribution is 2.18. The van der Waals surface area contributed by atoms with Crippen molar-refractivity contribution in [3.8, 4) is 0 Å². The van der Waals surface area contributed by atoms with Crippen LogP contribution in [0.5, 0.6) is 0 Å². The number of aryl methyl sites for hydroxylation is 2. The van der Waals surface area contributed by atoms with Gasteiger partial charge in [0.2, 0.25) is 0 Å². The van der Waals surface area contributed by atoms with E-state index >= 15 is 0 Å². The minimum absolute atomic E-state index is 0.642. The number of aromatic nitrogens is 5. The number of nitrogens with zero attached hydrogens (tertiary/aromatic N) is 5. The van der Waals surface area contributed by atoms with Crippen molar-refractivity contribution < 1.29 is 0 Å². The highest BCUT2D eigenvalue weighted by atomic mass is 15.3. The number of imidazole rings is 1. The second-order valence-electron chi connectivity index (χ2n) is 4.22. The summed E-state index contributed by atoms with van der Waals surface area (Å²) in [6, 6.07) is 3.93. The molecule has 3 aromatic heterocycles. The summed E-state index contributed by atoms with van der Waals surface area (Å²) in [7, 11) is 3.87. The zero-order chi connectivity index (χ0) is 12.5. The second-order valence-corrected chi connectivity index (χ2v) is 4.22. The molecular formula is C12H14N6. The molecule has 92 valence electrons. The fourth-order valence-corrected chi connectivity index (χ4v) is 1.92. The third kappa shape index (κ3) is 1.81. The molecule has 18 heavy (non-hydrogen) atoms. The molecule has 3 rings (SSSR count). The lowest BCUT2D eigenvalue weighted by Gasteiger charge is -2.04. The molecule has 3 aromatic rings. The SMILES string of the molecule is Cn1ccc(CNc2nccc3c2ncn3C)n1. The second kappa shape index (κ2) is 4.14. The van der Waals surface area contributed by atoms with Crippen molar-refractivity contribution in [1.29, 1.82) is 0 Å². The fraction of sp³-hybridized carbons (Fsp3) is 0.250. The van der Waals surface area contributed by atoms with E-state index < -0.39 is 0 Å². The largest absolute Gasteiger partial charge is 0.362 e. The number of nitrogens with one attached hydrogen (secondary N) is 1. The Labute approximate surface area is 104 Å². The van der Waals surface area contributed by atoms with Crippen LogP contribution >= 0.6 is 0 Å². The normalized spacial score (nSPS) is 11.0. The number of anilines is 1. The lowest BCUT2D eigenvalue weighted by atomic mass is 10.3. The van der Waals surface area contributed by atoms with Gasteiger partial charge in [0.1, 0.15) is 5.52 Å². The summed E-state index contributed by atoms with van der Waals surface area (Å²) >= 11 is 0. The predicted molar refractivity (Wildman–Crippen MR) is 69.0 cm³/mol. The van der Waals surface area contributed by atoms with Gasteiger partial charge in [-0.15, -0.1) is 0 Å². The van der Waals surface area contributed by atoms with Crippen LogP contribution in [0.4, 0.5) is 5.82 Å². The van der Waals surface area contributed by atoms with Crippen molar-refractivity contribution in [2.75, 3.05) is 5.32 Å². The summed E-state index contributed by atoms with van der Waals surface area (Å²) in [4.78, 5) is 8.67. The first-order valence-corrected chi connectivity index (χ1v) is 5.72. The lowest BCUT2D eigenvalue weighted by Crippen LogP contribution is -2.03. The molecule has 0 spiro atoms. The average Bonchev–Trinajstić information content (AvgIpc) is 2.94. The maximum absolute atomic E-state index is 4.35. The first-order chi connectivity index (χ1) is 8.74. The summed E-state index contributed by atoms with van der Waals surface area (Å²) in [5, 5.41) is 7.58. The standard InChI is InChI=1S/C12H14N6/c1-17-8-15-11-10(17)3-5-13-12(11)14-7-9-4-6-18(2)16-9/h3-6,8H,7H2,1-2H3,(H,13,14). The van der Waals surface area contributed by atoms with Gasteiger partial charge in [-0.05, 0) is 12.1 Å². The molecule has 0 aliphatic carbocycles. The molecule has 0 aliphatic rings. The molecule has 1 N–H and O–H groups in total. The summed E-state index contributed by atoms with van der Waals surface area (Å²) in [5.41, 5.74) is 2.93. The van der Waals surface area contributed by atoms with Crippen LogP contribution in [-0.2, 0) is 20.6 Å². The first kappa shape index (κ1) is 10.8. The average molecular weight is 242 g/mol. The van der Waals surface area contributed by atoms with Crippen molar-refractivity contribution in [3.05, 3.63) is 36.5 Å². The zero-order valence-corrected chi connectivity index (χ0v) is 10.3. The predicted octanol–water partition coefficient (Wildman–Crippen LogP) is 1.31. The molecule has 0 fully saturated rings. The van der Waals surface area contributed by atoms with Crippen LogP contribution in [-0.4, -0.2) is 24.3 Å². The molecule has 0 saturated carbocycles. The monoisotopic (exact) mass is 242 g/mol. The molecular weight excluding hydrogens is 228 g/mol. The Bertz CT molecular complexity index is 681. The molecule has 0 atom stereocenters. The van der Waals surface area contributed by atoms with E-state index in [1.165, 1.54) is 0 Å². The number of pyridine rings is 1. The minimum Gasteiger partial charge on any atom is -0.362 e. The number of rotatable bonds is 3. The minimum atomic E-state index is 0.642. The van der Waals surface area contributed by atoms with E-state index in [9.17, 15) is 0 Å². The van der Waals surface area contributed by atoms with Crippen molar-refractivity contribution in [2.24, 2.45) is 14.1 Å². The van der Waals surface area contributed by atoms with Crippen molar-refractivity contribution in [1.82, 2.24) is 24.3 Å². The van der Waals surface area contributed by atoms with Gasteiger partial charge in [-0.3, -0.25) is 4.68 Å². The van der Waals surface area contributed by atoms with Crippen LogP contribution in [0.25, 0.3) is 11.0 Å². The topological polar surface area (TPSA) is 60.6 Å². The number of fused-ring (bicyclic) bond motifs is 1. The fourth-order valence-electron chi connectivity index (χ4n) is 1.92. The van der Waals surface area contributed by atoms with E-state index in [0.29, 0.717) is 6.54 Å². The van der Waals surface area contributed by atoms with Crippen molar-refractivity contribution >= 4 is 16.9 Å². The molecule has 0 unspecified atom stereocenters. The van der Waals surface area contributed by atoms with Gasteiger partial charge >= 0.3 is 0 Å². The summed E-state index contributed by atoms with van der Waals surface area (Å²) < 4.78 is 3.76. The van der Waals surface area contributed by atoms with E-state index in [1.807, 2.05) is 37.0 Å². The smallest absolute Gasteiger partial charge is 0.154 e. The summed E-state index contributed by atoms with van der Waals surface area (Å²) in [6.45, 7) is 0.642. The van der Waals surface area contributed by atoms with Gasteiger partial charge in [-0.2, -0.15) is 5.10 Å². The van der Waals surface area contributed by atoms with Crippen LogP contribution < -0.4 is 5.32 Å². The molecule has 0 bridgehead atoms. The lowest BCUT2D eigenvalue weighted by molar-refractivity contribution is 0.747. The molecule has 6 nitrogen and oxygen atoms in total. The quantitative estimate of drug-likeness (QED) is 0.752. The maximum atomic E-state index is 4.35. The van der Waals surface area contributed by atoms with Gasteiger partial charge in [-0.25, -0.2) is 9.97 Å². The van der Waals surface area contributed by atoms with Crippen LogP contribution in [0.3, 0.4) is 0 Å². The Morgan fingerprint density at radius 3 is 2.89 bits per heavy atom. The molecule has 3 heterocycles. The Kier molecular flexibility index (Phi) is 2.47. The zero-order valence-electron chi connectivity index (χ0n) is 10.3. The van der Waals surface area contributed by atoms with Crippen LogP contribution in [0.15, 0.2) is 30.9 Å². The van der Waals surface area contributed by atoms with Crippen molar-refractivity contribution in [2.45, 2.75) is 6.54 Å². The van der Waals surface area contributed by atoms with Gasteiger partial charge in [0.25, 0.3) is 0 Å². The Hall–Kier alpha value is -2.37. The van der Waals surface area contributed by atoms with Gasteiger partial charge in [0.15, 0.2) is 5.82 Å². The van der Waals surface area contributed by atoms with Gasteiger partial charge in [0, 0.05) is 26.5 Å². The third-order valence-corrected chi connectivity index (χ3v) is 2.85. The molecule has 0 saturated heterocycles. The third-order valence-electron chi connectivity index (χ3n) is 2.85. The Balaban J connectivity index is 1.86.